The number of benzene rings is 1. The first kappa shape index (κ1) is 12.4. The summed E-state index contributed by atoms with van der Waals surface area (Å²) in [7, 11) is 0. The molecule has 18 heavy (non-hydrogen) atoms. The molecule has 0 saturated carbocycles. The largest absolute Gasteiger partial charge is 0.379 e. The normalized spacial score (nSPS) is 10.3. The number of nitro groups is 1. The van der Waals surface area contributed by atoms with Gasteiger partial charge in [-0.25, -0.2) is 4.98 Å². The van der Waals surface area contributed by atoms with Gasteiger partial charge in [-0.15, -0.1) is 0 Å². The molecule has 0 aliphatic carbocycles. The summed E-state index contributed by atoms with van der Waals surface area (Å²) >= 11 is 5.73. The lowest BCUT2D eigenvalue weighted by Crippen LogP contribution is -2.00. The van der Waals surface area contributed by atoms with Gasteiger partial charge in [-0.1, -0.05) is 11.6 Å². The smallest absolute Gasteiger partial charge is 0.289 e. The molecule has 0 spiro atoms. The van der Waals surface area contributed by atoms with Gasteiger partial charge in [0.15, 0.2) is 0 Å². The van der Waals surface area contributed by atoms with Gasteiger partial charge in [-0.2, -0.15) is 0 Å². The number of aromatic nitrogens is 2. The number of nitrogens with zero attached hydrogens (tertiary/aromatic N) is 2. The number of hydrogen-bond donors (Lipinski definition) is 2. The molecule has 0 saturated heterocycles. The molecule has 0 atom stereocenters. The van der Waals surface area contributed by atoms with Crippen LogP contribution in [0.15, 0.2) is 24.4 Å². The summed E-state index contributed by atoms with van der Waals surface area (Å²) in [5.41, 5.74) is 1.44. The van der Waals surface area contributed by atoms with Crippen molar-refractivity contribution in [1.29, 1.82) is 0 Å². The number of H-pyrrole nitrogens is 1. The minimum absolute atomic E-state index is 0.109. The lowest BCUT2D eigenvalue weighted by Gasteiger charge is -2.05. The highest BCUT2D eigenvalue weighted by Crippen LogP contribution is 2.27. The number of nitro benzene ring substituents is 1. The molecule has 2 rings (SSSR count). The van der Waals surface area contributed by atoms with Crippen molar-refractivity contribution in [3.8, 4) is 0 Å². The van der Waals surface area contributed by atoms with Gasteiger partial charge in [0.1, 0.15) is 10.8 Å². The molecule has 2 aromatic rings. The Morgan fingerprint density at radius 1 is 1.56 bits per heavy atom. The number of anilines is 1. The minimum atomic E-state index is -0.506. The summed E-state index contributed by atoms with van der Waals surface area (Å²) in [5.74, 6) is 0.828. The van der Waals surface area contributed by atoms with Crippen molar-refractivity contribution in [3.05, 3.63) is 51.1 Å². The van der Waals surface area contributed by atoms with Crippen molar-refractivity contribution in [2.24, 2.45) is 0 Å². The second-order valence-corrected chi connectivity index (χ2v) is 4.18. The van der Waals surface area contributed by atoms with Gasteiger partial charge in [0, 0.05) is 11.8 Å². The van der Waals surface area contributed by atoms with E-state index < -0.39 is 4.92 Å². The van der Waals surface area contributed by atoms with Crippen LogP contribution in [-0.2, 0) is 6.54 Å². The van der Waals surface area contributed by atoms with Crippen molar-refractivity contribution in [3.63, 3.8) is 0 Å². The van der Waals surface area contributed by atoms with E-state index in [9.17, 15) is 10.1 Å². The molecule has 0 amide bonds. The zero-order valence-electron chi connectivity index (χ0n) is 9.61. The van der Waals surface area contributed by atoms with Crippen molar-refractivity contribution < 1.29 is 4.92 Å². The first-order valence-electron chi connectivity index (χ1n) is 5.24. The van der Waals surface area contributed by atoms with Crippen molar-refractivity contribution in [1.82, 2.24) is 9.97 Å². The van der Waals surface area contributed by atoms with Crippen LogP contribution in [-0.4, -0.2) is 14.9 Å². The Labute approximate surface area is 108 Å². The maximum Gasteiger partial charge on any atom is 0.289 e. The number of rotatable bonds is 4. The Balaban J connectivity index is 2.10. The van der Waals surface area contributed by atoms with Crippen LogP contribution in [0.4, 0.5) is 11.4 Å². The van der Waals surface area contributed by atoms with E-state index >= 15 is 0 Å². The molecule has 7 heteroatoms. The van der Waals surface area contributed by atoms with E-state index in [1.54, 1.807) is 12.3 Å². The van der Waals surface area contributed by atoms with Gasteiger partial charge < -0.3 is 10.3 Å². The van der Waals surface area contributed by atoms with E-state index in [1.165, 1.54) is 12.1 Å². The second kappa shape index (κ2) is 5.05. The SMILES string of the molecule is Cc1ncc(CNc2ccc(Cl)c([N+](=O)[O-])c2)[nH]1. The molecule has 1 aromatic carbocycles. The van der Waals surface area contributed by atoms with E-state index in [0.29, 0.717) is 12.2 Å². The molecule has 2 N–H and O–H groups in total. The van der Waals surface area contributed by atoms with E-state index in [0.717, 1.165) is 11.5 Å². The summed E-state index contributed by atoms with van der Waals surface area (Å²) in [6.45, 7) is 2.37. The summed E-state index contributed by atoms with van der Waals surface area (Å²) in [6.07, 6.45) is 1.71. The standard InChI is InChI=1S/C11H11ClN4O2/c1-7-13-5-9(15-7)6-14-8-2-3-10(12)11(4-8)16(17)18/h2-5,14H,6H2,1H3,(H,13,15). The van der Waals surface area contributed by atoms with Gasteiger partial charge in [0.2, 0.25) is 0 Å². The molecule has 0 aliphatic rings. The number of halogens is 1. The maximum atomic E-state index is 10.7. The van der Waals surface area contributed by atoms with E-state index in [1.807, 2.05) is 6.92 Å². The van der Waals surface area contributed by atoms with Crippen LogP contribution in [0.5, 0.6) is 0 Å². The second-order valence-electron chi connectivity index (χ2n) is 3.77. The highest BCUT2D eigenvalue weighted by Gasteiger charge is 2.12. The fourth-order valence-corrected chi connectivity index (χ4v) is 1.71. The fourth-order valence-electron chi connectivity index (χ4n) is 1.52. The van der Waals surface area contributed by atoms with Gasteiger partial charge in [0.25, 0.3) is 5.69 Å². The predicted octanol–water partition coefficient (Wildman–Crippen LogP) is 2.89. The zero-order valence-corrected chi connectivity index (χ0v) is 10.4. The minimum Gasteiger partial charge on any atom is -0.379 e. The van der Waals surface area contributed by atoms with Crippen LogP contribution in [0.1, 0.15) is 11.5 Å². The van der Waals surface area contributed by atoms with Gasteiger partial charge in [-0.05, 0) is 19.1 Å². The molecule has 0 unspecified atom stereocenters. The lowest BCUT2D eigenvalue weighted by atomic mass is 10.2. The lowest BCUT2D eigenvalue weighted by molar-refractivity contribution is -0.384. The molecule has 1 heterocycles. The average Bonchev–Trinajstić information content (AvgIpc) is 2.74. The highest BCUT2D eigenvalue weighted by atomic mass is 35.5. The molecule has 94 valence electrons. The monoisotopic (exact) mass is 266 g/mol. The number of hydrogen-bond acceptors (Lipinski definition) is 4. The van der Waals surface area contributed by atoms with Crippen LogP contribution >= 0.6 is 11.6 Å². The van der Waals surface area contributed by atoms with Crippen LogP contribution in [0.25, 0.3) is 0 Å². The molecule has 0 bridgehead atoms. The first-order valence-corrected chi connectivity index (χ1v) is 5.62. The van der Waals surface area contributed by atoms with Crippen LogP contribution in [0.3, 0.4) is 0 Å². The van der Waals surface area contributed by atoms with Crippen LogP contribution in [0.2, 0.25) is 5.02 Å². The maximum absolute atomic E-state index is 10.7. The number of imidazole rings is 1. The van der Waals surface area contributed by atoms with E-state index in [-0.39, 0.29) is 10.7 Å². The number of aryl methyl sites for hydroxylation is 1. The molecular formula is C11H11ClN4O2. The third kappa shape index (κ3) is 2.78. The third-order valence-corrected chi connectivity index (χ3v) is 2.70. The molecule has 6 nitrogen and oxygen atoms in total. The van der Waals surface area contributed by atoms with E-state index in [4.69, 9.17) is 11.6 Å². The Bertz CT molecular complexity index is 582. The topological polar surface area (TPSA) is 83.8 Å². The van der Waals surface area contributed by atoms with E-state index in [2.05, 4.69) is 15.3 Å². The first-order chi connectivity index (χ1) is 8.56. The quantitative estimate of drug-likeness (QED) is 0.658. The predicted molar refractivity (Wildman–Crippen MR) is 68.8 cm³/mol. The van der Waals surface area contributed by atoms with Crippen molar-refractivity contribution in [2.75, 3.05) is 5.32 Å². The Morgan fingerprint density at radius 3 is 2.94 bits per heavy atom. The van der Waals surface area contributed by atoms with Crippen LogP contribution < -0.4 is 5.32 Å². The molecule has 0 fully saturated rings. The highest BCUT2D eigenvalue weighted by molar-refractivity contribution is 6.32. The Morgan fingerprint density at radius 2 is 2.33 bits per heavy atom. The summed E-state index contributed by atoms with van der Waals surface area (Å²) in [5, 5.41) is 13.9. The van der Waals surface area contributed by atoms with Crippen molar-refractivity contribution >= 4 is 23.0 Å². The fraction of sp³-hybridized carbons (Fsp3) is 0.182. The summed E-state index contributed by atoms with van der Waals surface area (Å²) < 4.78 is 0. The molecule has 0 radical (unpaired) electrons. The Kier molecular flexibility index (Phi) is 3.47. The molecular weight excluding hydrogens is 256 g/mol. The molecule has 0 aliphatic heterocycles. The zero-order chi connectivity index (χ0) is 13.1. The van der Waals surface area contributed by atoms with Gasteiger partial charge >= 0.3 is 0 Å². The van der Waals surface area contributed by atoms with Gasteiger partial charge in [0.05, 0.1) is 23.4 Å². The van der Waals surface area contributed by atoms with Crippen molar-refractivity contribution in [2.45, 2.75) is 13.5 Å². The summed E-state index contributed by atoms with van der Waals surface area (Å²) in [6, 6.07) is 4.60. The number of aromatic amines is 1. The third-order valence-electron chi connectivity index (χ3n) is 2.38. The van der Waals surface area contributed by atoms with Gasteiger partial charge in [-0.3, -0.25) is 10.1 Å². The van der Waals surface area contributed by atoms with Crippen LogP contribution in [0, 0.1) is 17.0 Å². The average molecular weight is 267 g/mol. The number of nitrogens with one attached hydrogen (secondary N) is 2. The summed E-state index contributed by atoms with van der Waals surface area (Å²) in [4.78, 5) is 17.3. The Hall–Kier alpha value is -2.08. The molecule has 1 aromatic heterocycles.